The highest BCUT2D eigenvalue weighted by Gasteiger charge is 2.20. The number of rotatable bonds is 4. The predicted molar refractivity (Wildman–Crippen MR) is 77.6 cm³/mol. The lowest BCUT2D eigenvalue weighted by Gasteiger charge is -2.15. The van der Waals surface area contributed by atoms with Crippen LogP contribution >= 0.6 is 27.3 Å². The summed E-state index contributed by atoms with van der Waals surface area (Å²) in [6.07, 6.45) is 0. The molecule has 19 heavy (non-hydrogen) atoms. The maximum absolute atomic E-state index is 12.4. The molecule has 0 saturated heterocycles. The molecule has 0 bridgehead atoms. The Bertz CT molecular complexity index is 568. The van der Waals surface area contributed by atoms with Crippen LogP contribution < -0.4 is 4.74 Å². The first-order chi connectivity index (χ1) is 8.99. The van der Waals surface area contributed by atoms with Crippen LogP contribution in [-0.2, 0) is 0 Å². The lowest BCUT2D eigenvalue weighted by molar-refractivity contribution is -0.0503. The normalized spacial score (nSPS) is 12.7. The number of para-hydroxylation sites is 1. The lowest BCUT2D eigenvalue weighted by atomic mass is 10.0. The monoisotopic (exact) mass is 346 g/mol. The van der Waals surface area contributed by atoms with Crippen molar-refractivity contribution in [3.8, 4) is 5.75 Å². The molecule has 0 radical (unpaired) electrons. The Morgan fingerprint density at radius 2 is 1.84 bits per heavy atom. The van der Waals surface area contributed by atoms with Gasteiger partial charge in [-0.3, -0.25) is 0 Å². The number of benzene rings is 1. The Morgan fingerprint density at radius 1 is 1.16 bits per heavy atom. The van der Waals surface area contributed by atoms with E-state index < -0.39 is 6.61 Å². The molecule has 1 aromatic carbocycles. The fourth-order valence-electron chi connectivity index (χ4n) is 1.96. The summed E-state index contributed by atoms with van der Waals surface area (Å²) in [6.45, 7) is 1.24. The van der Waals surface area contributed by atoms with Gasteiger partial charge < -0.3 is 4.74 Å². The van der Waals surface area contributed by atoms with E-state index in [-0.39, 0.29) is 10.6 Å². The molecule has 0 aliphatic rings. The van der Waals surface area contributed by atoms with E-state index in [0.29, 0.717) is 5.56 Å². The van der Waals surface area contributed by atoms with Crippen LogP contribution in [0.1, 0.15) is 25.7 Å². The molecule has 0 spiro atoms. The van der Waals surface area contributed by atoms with Crippen molar-refractivity contribution in [1.29, 1.82) is 0 Å². The summed E-state index contributed by atoms with van der Waals surface area (Å²) < 4.78 is 29.4. The van der Waals surface area contributed by atoms with Gasteiger partial charge in [0.15, 0.2) is 0 Å². The molecular weight excluding hydrogens is 334 g/mol. The molecule has 1 heterocycles. The molecule has 0 N–H and O–H groups in total. The van der Waals surface area contributed by atoms with Gasteiger partial charge in [0.25, 0.3) is 0 Å². The Balaban J connectivity index is 2.38. The number of hydrogen-bond donors (Lipinski definition) is 0. The van der Waals surface area contributed by atoms with Gasteiger partial charge in [-0.25, -0.2) is 0 Å². The molecule has 1 atom stereocenters. The van der Waals surface area contributed by atoms with Crippen LogP contribution in [-0.4, -0.2) is 6.61 Å². The summed E-state index contributed by atoms with van der Waals surface area (Å²) in [5, 5.41) is 0. The minimum Gasteiger partial charge on any atom is -0.434 e. The quantitative estimate of drug-likeness (QED) is 0.668. The minimum atomic E-state index is -2.81. The van der Waals surface area contributed by atoms with Crippen LogP contribution in [0, 0.1) is 13.8 Å². The lowest BCUT2D eigenvalue weighted by Crippen LogP contribution is -2.05. The average Bonchev–Trinajstić information content (AvgIpc) is 2.67. The zero-order chi connectivity index (χ0) is 14.0. The van der Waals surface area contributed by atoms with E-state index in [4.69, 9.17) is 0 Å². The van der Waals surface area contributed by atoms with Crippen molar-refractivity contribution in [2.75, 3.05) is 0 Å². The van der Waals surface area contributed by atoms with Gasteiger partial charge in [-0.2, -0.15) is 8.78 Å². The van der Waals surface area contributed by atoms with Crippen molar-refractivity contribution >= 4 is 27.3 Å². The molecule has 2 aromatic rings. The fourth-order valence-corrected chi connectivity index (χ4v) is 3.93. The summed E-state index contributed by atoms with van der Waals surface area (Å²) in [4.78, 5) is 2.22. The summed E-state index contributed by atoms with van der Waals surface area (Å²) in [6, 6.07) is 8.93. The van der Waals surface area contributed by atoms with Crippen LogP contribution in [0.3, 0.4) is 0 Å². The molecule has 0 fully saturated rings. The molecule has 1 aromatic heterocycles. The zero-order valence-electron chi connectivity index (χ0n) is 10.5. The topological polar surface area (TPSA) is 9.23 Å². The molecule has 0 aliphatic heterocycles. The van der Waals surface area contributed by atoms with Gasteiger partial charge in [-0.1, -0.05) is 34.1 Å². The third-order valence-electron chi connectivity index (χ3n) is 2.76. The van der Waals surface area contributed by atoms with Crippen molar-refractivity contribution in [3.05, 3.63) is 51.2 Å². The van der Waals surface area contributed by atoms with Crippen LogP contribution in [0.15, 0.2) is 30.3 Å². The third-order valence-corrected chi connectivity index (χ3v) is 4.73. The highest BCUT2D eigenvalue weighted by atomic mass is 79.9. The molecule has 1 nitrogen and oxygen atoms in total. The zero-order valence-corrected chi connectivity index (χ0v) is 12.9. The molecule has 1 unspecified atom stereocenters. The van der Waals surface area contributed by atoms with Gasteiger partial charge in [0.05, 0.1) is 4.83 Å². The summed E-state index contributed by atoms with van der Waals surface area (Å²) in [5.74, 6) is 0.211. The summed E-state index contributed by atoms with van der Waals surface area (Å²) in [5.41, 5.74) is 1.80. The van der Waals surface area contributed by atoms with Gasteiger partial charge in [0.2, 0.25) is 0 Å². The van der Waals surface area contributed by atoms with Crippen LogP contribution in [0.4, 0.5) is 8.78 Å². The molecule has 0 saturated carbocycles. The minimum absolute atomic E-state index is 0.146. The Hall–Kier alpha value is -0.940. The second-order valence-electron chi connectivity index (χ2n) is 4.15. The van der Waals surface area contributed by atoms with E-state index in [1.54, 1.807) is 29.5 Å². The van der Waals surface area contributed by atoms with Gasteiger partial charge in [0.1, 0.15) is 5.75 Å². The number of hydrogen-bond acceptors (Lipinski definition) is 2. The van der Waals surface area contributed by atoms with Crippen LogP contribution in [0.2, 0.25) is 0 Å². The van der Waals surface area contributed by atoms with Crippen molar-refractivity contribution in [3.63, 3.8) is 0 Å². The summed E-state index contributed by atoms with van der Waals surface area (Å²) >= 11 is 5.27. The fraction of sp³-hybridized carbons (Fsp3) is 0.286. The third kappa shape index (κ3) is 3.34. The van der Waals surface area contributed by atoms with E-state index in [9.17, 15) is 8.78 Å². The molecule has 102 valence electrons. The molecule has 2 rings (SSSR count). The van der Waals surface area contributed by atoms with Crippen LogP contribution in [0.5, 0.6) is 5.75 Å². The number of halogens is 3. The first kappa shape index (κ1) is 14.5. The Labute approximate surface area is 123 Å². The Morgan fingerprint density at radius 3 is 2.42 bits per heavy atom. The highest BCUT2D eigenvalue weighted by Crippen LogP contribution is 2.40. The van der Waals surface area contributed by atoms with Gasteiger partial charge in [-0.05, 0) is 31.5 Å². The van der Waals surface area contributed by atoms with E-state index in [0.717, 1.165) is 5.56 Å². The van der Waals surface area contributed by atoms with Crippen molar-refractivity contribution in [2.45, 2.75) is 25.3 Å². The number of aryl methyl sites for hydroxylation is 2. The first-order valence-electron chi connectivity index (χ1n) is 5.73. The van der Waals surface area contributed by atoms with Crippen molar-refractivity contribution in [1.82, 2.24) is 0 Å². The highest BCUT2D eigenvalue weighted by molar-refractivity contribution is 9.09. The van der Waals surface area contributed by atoms with E-state index >= 15 is 0 Å². The molecule has 0 aliphatic carbocycles. The maximum Gasteiger partial charge on any atom is 0.387 e. The van der Waals surface area contributed by atoms with Crippen LogP contribution in [0.25, 0.3) is 0 Å². The largest absolute Gasteiger partial charge is 0.434 e. The SMILES string of the molecule is Cc1cc(C(Br)c2ccccc2OC(F)F)c(C)s1. The number of thiophene rings is 1. The van der Waals surface area contributed by atoms with Gasteiger partial charge >= 0.3 is 6.61 Å². The molecule has 5 heteroatoms. The average molecular weight is 347 g/mol. The van der Waals surface area contributed by atoms with Gasteiger partial charge in [0, 0.05) is 15.3 Å². The number of ether oxygens (including phenoxy) is 1. The second-order valence-corrected chi connectivity index (χ2v) is 6.52. The van der Waals surface area contributed by atoms with E-state index in [1.807, 2.05) is 19.9 Å². The molecule has 0 amide bonds. The smallest absolute Gasteiger partial charge is 0.387 e. The predicted octanol–water partition coefficient (Wildman–Crippen LogP) is 5.45. The first-order valence-corrected chi connectivity index (χ1v) is 7.47. The maximum atomic E-state index is 12.4. The van der Waals surface area contributed by atoms with Gasteiger partial charge in [-0.15, -0.1) is 11.3 Å². The van der Waals surface area contributed by atoms with Crippen molar-refractivity contribution < 1.29 is 13.5 Å². The van der Waals surface area contributed by atoms with E-state index in [1.165, 1.54) is 9.75 Å². The Kier molecular flexibility index (Phi) is 4.58. The molecular formula is C14H13BrF2OS. The van der Waals surface area contributed by atoms with Crippen molar-refractivity contribution in [2.24, 2.45) is 0 Å². The second kappa shape index (κ2) is 6.01. The summed E-state index contributed by atoms with van der Waals surface area (Å²) in [7, 11) is 0. The standard InChI is InChI=1S/C14H13BrF2OS/c1-8-7-11(9(2)19-8)13(15)10-5-3-4-6-12(10)18-14(16)17/h3-7,13-14H,1-2H3. The number of alkyl halides is 3. The van der Waals surface area contributed by atoms with E-state index in [2.05, 4.69) is 26.7 Å².